The second-order valence-corrected chi connectivity index (χ2v) is 12.8. The average Bonchev–Trinajstić information content (AvgIpc) is 3.72. The largest absolute Gasteiger partial charge is 0.334 e. The predicted octanol–water partition coefficient (Wildman–Crippen LogP) is 6.43. The molecule has 1 aliphatic rings. The Morgan fingerprint density at radius 2 is 1.33 bits per heavy atom. The molecule has 2 aromatic carbocycles. The van der Waals surface area contributed by atoms with Crippen molar-refractivity contribution in [2.75, 3.05) is 37.0 Å². The number of nitriles is 2. The lowest BCUT2D eigenvalue weighted by Crippen LogP contribution is -2.47. The first-order valence-electron chi connectivity index (χ1n) is 16.9. The third-order valence-corrected chi connectivity index (χ3v) is 9.61. The molecular weight excluding hydrogens is 639 g/mol. The fraction of sp³-hybridized carbons (Fsp3) is 0.308. The molecule has 1 aliphatic heterocycles. The molecule has 6 aromatic rings. The molecule has 0 radical (unpaired) electrons. The van der Waals surface area contributed by atoms with Crippen LogP contribution in [0.25, 0.3) is 22.1 Å². The van der Waals surface area contributed by atoms with Crippen LogP contribution in [-0.2, 0) is 26.9 Å². The number of aromatic nitrogens is 6. The number of benzene rings is 2. The van der Waals surface area contributed by atoms with Crippen molar-refractivity contribution >= 4 is 51.4 Å². The van der Waals surface area contributed by atoms with Gasteiger partial charge in [0.1, 0.15) is 35.0 Å². The SMILES string of the molecule is CCc1cc(C(C#N)N2CC(C#N)C2)ccc1N(C)c1cc2c(cn1)ncn2C.CCc1cc(C=O)ccc1N(C)c1cc2c(cn1)ncn2C. The molecule has 258 valence electrons. The zero-order valence-electron chi connectivity index (χ0n) is 29.8. The maximum absolute atomic E-state index is 10.9. The summed E-state index contributed by atoms with van der Waals surface area (Å²) in [6.07, 6.45) is 9.73. The second-order valence-electron chi connectivity index (χ2n) is 12.8. The van der Waals surface area contributed by atoms with Crippen LogP contribution < -0.4 is 9.80 Å². The number of fused-ring (bicyclic) bond motifs is 2. The van der Waals surface area contributed by atoms with Crippen molar-refractivity contribution in [3.63, 3.8) is 0 Å². The fourth-order valence-electron chi connectivity index (χ4n) is 6.50. The summed E-state index contributed by atoms with van der Waals surface area (Å²) in [7, 11) is 7.93. The van der Waals surface area contributed by atoms with Gasteiger partial charge in [0, 0.05) is 70.4 Å². The quantitative estimate of drug-likeness (QED) is 0.157. The van der Waals surface area contributed by atoms with Gasteiger partial charge in [-0.1, -0.05) is 26.0 Å². The van der Waals surface area contributed by atoms with Crippen molar-refractivity contribution in [2.45, 2.75) is 32.7 Å². The van der Waals surface area contributed by atoms with Gasteiger partial charge in [0.05, 0.1) is 54.1 Å². The minimum absolute atomic E-state index is 0.0369. The molecule has 12 nitrogen and oxygen atoms in total. The number of carbonyl (C=O) groups excluding carboxylic acids is 1. The lowest BCUT2D eigenvalue weighted by molar-refractivity contribution is 0.106. The van der Waals surface area contributed by atoms with Gasteiger partial charge >= 0.3 is 0 Å². The van der Waals surface area contributed by atoms with Crippen molar-refractivity contribution in [1.82, 2.24) is 34.0 Å². The highest BCUT2D eigenvalue weighted by atomic mass is 16.1. The van der Waals surface area contributed by atoms with Crippen LogP contribution in [0, 0.1) is 28.6 Å². The summed E-state index contributed by atoms with van der Waals surface area (Å²) in [5.41, 5.74) is 9.92. The van der Waals surface area contributed by atoms with E-state index in [1.165, 1.54) is 0 Å². The Kier molecular flexibility index (Phi) is 10.1. The van der Waals surface area contributed by atoms with Crippen molar-refractivity contribution < 1.29 is 4.79 Å². The summed E-state index contributed by atoms with van der Waals surface area (Å²) in [4.78, 5) is 34.8. The van der Waals surface area contributed by atoms with E-state index in [9.17, 15) is 10.1 Å². The smallest absolute Gasteiger partial charge is 0.150 e. The fourth-order valence-corrected chi connectivity index (χ4v) is 6.50. The van der Waals surface area contributed by atoms with E-state index in [2.05, 4.69) is 67.9 Å². The Morgan fingerprint density at radius 1 is 0.804 bits per heavy atom. The second kappa shape index (κ2) is 14.8. The zero-order chi connectivity index (χ0) is 36.2. The van der Waals surface area contributed by atoms with Crippen LogP contribution >= 0.6 is 0 Å². The van der Waals surface area contributed by atoms with Crippen LogP contribution in [-0.4, -0.2) is 67.4 Å². The van der Waals surface area contributed by atoms with Gasteiger partial charge in [-0.15, -0.1) is 0 Å². The normalized spacial score (nSPS) is 13.5. The Balaban J connectivity index is 0.000000183. The Labute approximate surface area is 297 Å². The van der Waals surface area contributed by atoms with E-state index < -0.39 is 0 Å². The molecular formula is C39H41N11O. The van der Waals surface area contributed by atoms with Gasteiger partial charge in [-0.25, -0.2) is 19.9 Å². The topological polar surface area (TPSA) is 136 Å². The third-order valence-electron chi connectivity index (χ3n) is 9.61. The first kappa shape index (κ1) is 34.7. The van der Waals surface area contributed by atoms with Crippen LogP contribution in [0.3, 0.4) is 0 Å². The molecule has 7 rings (SSSR count). The van der Waals surface area contributed by atoms with Crippen LogP contribution in [0.5, 0.6) is 0 Å². The molecule has 0 spiro atoms. The van der Waals surface area contributed by atoms with E-state index in [0.29, 0.717) is 18.7 Å². The van der Waals surface area contributed by atoms with Crippen LogP contribution in [0.4, 0.5) is 23.0 Å². The third kappa shape index (κ3) is 6.87. The molecule has 4 aromatic heterocycles. The molecule has 1 saturated heterocycles. The van der Waals surface area contributed by atoms with Crippen molar-refractivity contribution in [3.05, 3.63) is 95.8 Å². The number of aldehydes is 1. The number of aryl methyl sites for hydroxylation is 4. The summed E-state index contributed by atoms with van der Waals surface area (Å²) in [5, 5.41) is 18.7. The Morgan fingerprint density at radius 3 is 1.82 bits per heavy atom. The highest BCUT2D eigenvalue weighted by Crippen LogP contribution is 2.34. The summed E-state index contributed by atoms with van der Waals surface area (Å²) in [6.45, 7) is 5.52. The Hall–Kier alpha value is -6.11. The summed E-state index contributed by atoms with van der Waals surface area (Å²) in [5.74, 6) is 1.74. The van der Waals surface area contributed by atoms with E-state index in [0.717, 1.165) is 80.9 Å². The number of pyridine rings is 2. The highest BCUT2D eigenvalue weighted by molar-refractivity contribution is 5.81. The first-order chi connectivity index (χ1) is 24.7. The molecule has 1 fully saturated rings. The number of hydrogen-bond donors (Lipinski definition) is 0. The maximum atomic E-state index is 10.9. The van der Waals surface area contributed by atoms with Gasteiger partial charge in [-0.2, -0.15) is 10.5 Å². The molecule has 0 bridgehead atoms. The number of hydrogen-bond acceptors (Lipinski definition) is 10. The number of rotatable bonds is 9. The molecule has 0 aliphatic carbocycles. The summed E-state index contributed by atoms with van der Waals surface area (Å²) >= 11 is 0. The maximum Gasteiger partial charge on any atom is 0.150 e. The number of likely N-dealkylation sites (tertiary alicyclic amines) is 1. The number of anilines is 4. The van der Waals surface area contributed by atoms with E-state index in [1.807, 2.05) is 78.6 Å². The van der Waals surface area contributed by atoms with E-state index in [-0.39, 0.29) is 12.0 Å². The highest BCUT2D eigenvalue weighted by Gasteiger charge is 2.33. The predicted molar refractivity (Wildman–Crippen MR) is 199 cm³/mol. The van der Waals surface area contributed by atoms with E-state index in [4.69, 9.17) is 5.26 Å². The van der Waals surface area contributed by atoms with Crippen LogP contribution in [0.15, 0.2) is 73.6 Å². The monoisotopic (exact) mass is 679 g/mol. The van der Waals surface area contributed by atoms with Crippen LogP contribution in [0.2, 0.25) is 0 Å². The zero-order valence-corrected chi connectivity index (χ0v) is 29.8. The van der Waals surface area contributed by atoms with Gasteiger partial charge < -0.3 is 18.9 Å². The van der Waals surface area contributed by atoms with Gasteiger partial charge in [0.15, 0.2) is 0 Å². The lowest BCUT2D eigenvalue weighted by Gasteiger charge is -2.38. The molecule has 0 N–H and O–H groups in total. The van der Waals surface area contributed by atoms with E-state index in [1.54, 1.807) is 25.0 Å². The summed E-state index contributed by atoms with van der Waals surface area (Å²) in [6, 6.07) is 20.3. The Bertz CT molecular complexity index is 2290. The molecule has 5 heterocycles. The summed E-state index contributed by atoms with van der Waals surface area (Å²) < 4.78 is 3.96. The van der Waals surface area contributed by atoms with Crippen molar-refractivity contribution in [1.29, 1.82) is 10.5 Å². The first-order valence-corrected chi connectivity index (χ1v) is 16.9. The number of imidazole rings is 2. The van der Waals surface area contributed by atoms with Gasteiger partial charge in [0.25, 0.3) is 0 Å². The molecule has 12 heteroatoms. The molecule has 0 saturated carbocycles. The van der Waals surface area contributed by atoms with Crippen LogP contribution in [0.1, 0.15) is 46.9 Å². The molecule has 0 amide bonds. The number of nitrogens with zero attached hydrogens (tertiary/aromatic N) is 11. The molecule has 51 heavy (non-hydrogen) atoms. The molecule has 1 atom stereocenters. The van der Waals surface area contributed by atoms with Gasteiger partial charge in [-0.3, -0.25) is 9.69 Å². The number of carbonyl (C=O) groups is 1. The lowest BCUT2D eigenvalue weighted by atomic mass is 9.94. The molecule has 1 unspecified atom stereocenters. The van der Waals surface area contributed by atoms with Crippen molar-refractivity contribution in [2.24, 2.45) is 20.0 Å². The van der Waals surface area contributed by atoms with Gasteiger partial charge in [-0.05, 0) is 53.8 Å². The van der Waals surface area contributed by atoms with Crippen molar-refractivity contribution in [3.8, 4) is 12.1 Å². The average molecular weight is 680 g/mol. The standard InChI is InChI=1S/C22H23N7.C17H18N4O/c1-4-16-7-17(21(10-24)29-12-15(9-23)13-29)5-6-19(16)28(3)22-8-20-18(11-25-22)26-14-27(20)2;1-4-13-7-12(10-22)5-6-15(13)21(3)17-8-16-14(9-18-17)19-11-20(16)2/h5-8,11,14-15,21H,4,12-13H2,1-3H3;5-11H,4H2,1-3H3. The van der Waals surface area contributed by atoms with E-state index >= 15 is 0 Å². The minimum atomic E-state index is -0.312. The van der Waals surface area contributed by atoms with Gasteiger partial charge in [0.2, 0.25) is 0 Å². The minimum Gasteiger partial charge on any atom is -0.334 e.